The molecule has 0 aromatic heterocycles. The second-order valence-corrected chi connectivity index (χ2v) is 5.72. The van der Waals surface area contributed by atoms with Crippen molar-refractivity contribution < 1.29 is 9.47 Å². The van der Waals surface area contributed by atoms with E-state index >= 15 is 0 Å². The van der Waals surface area contributed by atoms with E-state index < -0.39 is 0 Å². The minimum atomic E-state index is 0.445. The number of ether oxygens (including phenoxy) is 2. The van der Waals surface area contributed by atoms with E-state index in [1.54, 1.807) is 0 Å². The zero-order chi connectivity index (χ0) is 12.8. The number of hydrogen-bond donors (Lipinski definition) is 1. The summed E-state index contributed by atoms with van der Waals surface area (Å²) in [6, 6.07) is 0.551. The largest absolute Gasteiger partial charge is 0.377 e. The first-order chi connectivity index (χ1) is 8.75. The lowest BCUT2D eigenvalue weighted by molar-refractivity contribution is 0.0687. The first-order valence-corrected chi connectivity index (χ1v) is 7.40. The third kappa shape index (κ3) is 4.50. The van der Waals surface area contributed by atoms with Gasteiger partial charge in [-0.3, -0.25) is 4.90 Å². The summed E-state index contributed by atoms with van der Waals surface area (Å²) >= 11 is 0. The lowest BCUT2D eigenvalue weighted by Gasteiger charge is -2.27. The van der Waals surface area contributed by atoms with E-state index in [1.807, 2.05) is 0 Å². The topological polar surface area (TPSA) is 33.7 Å². The molecule has 2 aliphatic rings. The molecule has 2 heterocycles. The Kier molecular flexibility index (Phi) is 5.89. The molecule has 0 aliphatic carbocycles. The van der Waals surface area contributed by atoms with E-state index in [2.05, 4.69) is 24.2 Å². The molecular weight excluding hydrogens is 228 g/mol. The Morgan fingerprint density at radius 2 is 1.83 bits per heavy atom. The molecular formula is C14H28N2O2. The van der Waals surface area contributed by atoms with Gasteiger partial charge in [-0.1, -0.05) is 0 Å². The number of hydrogen-bond acceptors (Lipinski definition) is 4. The fraction of sp³-hybridized carbons (Fsp3) is 1.00. The first-order valence-electron chi connectivity index (χ1n) is 7.40. The summed E-state index contributed by atoms with van der Waals surface area (Å²) in [4.78, 5) is 2.40. The van der Waals surface area contributed by atoms with Gasteiger partial charge < -0.3 is 14.8 Å². The van der Waals surface area contributed by atoms with Crippen LogP contribution in [0, 0.1) is 0 Å². The van der Waals surface area contributed by atoms with Crippen LogP contribution in [0.4, 0.5) is 0 Å². The fourth-order valence-electron chi connectivity index (χ4n) is 2.70. The van der Waals surface area contributed by atoms with Crippen LogP contribution in [-0.2, 0) is 9.47 Å². The first kappa shape index (κ1) is 14.3. The Balaban J connectivity index is 1.56. The molecule has 4 heteroatoms. The summed E-state index contributed by atoms with van der Waals surface area (Å²) < 4.78 is 11.3. The van der Waals surface area contributed by atoms with Gasteiger partial charge in [-0.05, 0) is 39.7 Å². The van der Waals surface area contributed by atoms with Gasteiger partial charge in [0, 0.05) is 38.9 Å². The van der Waals surface area contributed by atoms with Crippen molar-refractivity contribution in [1.29, 1.82) is 0 Å². The molecule has 2 rings (SSSR count). The highest BCUT2D eigenvalue weighted by Crippen LogP contribution is 2.14. The number of nitrogens with one attached hydrogen (secondary N) is 1. The Morgan fingerprint density at radius 1 is 1.17 bits per heavy atom. The van der Waals surface area contributed by atoms with Crippen LogP contribution >= 0.6 is 0 Å². The van der Waals surface area contributed by atoms with Crippen molar-refractivity contribution in [1.82, 2.24) is 10.2 Å². The molecule has 0 spiro atoms. The highest BCUT2D eigenvalue weighted by atomic mass is 16.5. The molecule has 2 saturated heterocycles. The summed E-state index contributed by atoms with van der Waals surface area (Å²) in [6.45, 7) is 7.26. The van der Waals surface area contributed by atoms with E-state index in [-0.39, 0.29) is 0 Å². The van der Waals surface area contributed by atoms with Gasteiger partial charge in [0.15, 0.2) is 0 Å². The second kappa shape index (κ2) is 7.43. The molecule has 3 unspecified atom stereocenters. The quantitative estimate of drug-likeness (QED) is 0.743. The van der Waals surface area contributed by atoms with Crippen molar-refractivity contribution in [2.75, 3.05) is 39.9 Å². The van der Waals surface area contributed by atoms with E-state index in [0.717, 1.165) is 32.8 Å². The van der Waals surface area contributed by atoms with Crippen molar-refractivity contribution >= 4 is 0 Å². The van der Waals surface area contributed by atoms with Crippen LogP contribution in [0.3, 0.4) is 0 Å². The standard InChI is InChI=1S/C14H28N2O2/c1-12(9-15-10-13-5-3-7-17-13)16(2)11-14-6-4-8-18-14/h12-15H,3-11H2,1-2H3. The molecule has 18 heavy (non-hydrogen) atoms. The van der Waals surface area contributed by atoms with Crippen LogP contribution < -0.4 is 5.32 Å². The van der Waals surface area contributed by atoms with Crippen molar-refractivity contribution in [2.24, 2.45) is 0 Å². The Morgan fingerprint density at radius 3 is 2.44 bits per heavy atom. The molecule has 3 atom stereocenters. The maximum absolute atomic E-state index is 5.68. The van der Waals surface area contributed by atoms with Crippen molar-refractivity contribution in [2.45, 2.75) is 50.9 Å². The molecule has 0 saturated carbocycles. The monoisotopic (exact) mass is 256 g/mol. The van der Waals surface area contributed by atoms with Crippen LogP contribution in [0.25, 0.3) is 0 Å². The molecule has 1 N–H and O–H groups in total. The van der Waals surface area contributed by atoms with E-state index in [9.17, 15) is 0 Å². The smallest absolute Gasteiger partial charge is 0.0702 e. The predicted molar refractivity (Wildman–Crippen MR) is 72.9 cm³/mol. The van der Waals surface area contributed by atoms with Gasteiger partial charge in [0.1, 0.15) is 0 Å². The van der Waals surface area contributed by atoms with E-state index in [4.69, 9.17) is 9.47 Å². The van der Waals surface area contributed by atoms with Gasteiger partial charge in [-0.2, -0.15) is 0 Å². The van der Waals surface area contributed by atoms with Crippen LogP contribution in [0.15, 0.2) is 0 Å². The average molecular weight is 256 g/mol. The SMILES string of the molecule is CC(CNCC1CCCO1)N(C)CC1CCCO1. The van der Waals surface area contributed by atoms with Gasteiger partial charge in [0.2, 0.25) is 0 Å². The van der Waals surface area contributed by atoms with Crippen LogP contribution in [0.5, 0.6) is 0 Å². The maximum Gasteiger partial charge on any atom is 0.0702 e. The third-order valence-corrected chi connectivity index (χ3v) is 4.10. The zero-order valence-corrected chi connectivity index (χ0v) is 11.9. The van der Waals surface area contributed by atoms with Gasteiger partial charge >= 0.3 is 0 Å². The molecule has 2 aliphatic heterocycles. The van der Waals surface area contributed by atoms with Crippen molar-refractivity contribution in [3.63, 3.8) is 0 Å². The lowest BCUT2D eigenvalue weighted by Crippen LogP contribution is -2.43. The Hall–Kier alpha value is -0.160. The summed E-state index contributed by atoms with van der Waals surface area (Å²) in [7, 11) is 2.19. The Labute approximate surface area is 111 Å². The molecule has 0 amide bonds. The third-order valence-electron chi connectivity index (χ3n) is 4.10. The molecule has 0 aromatic rings. The second-order valence-electron chi connectivity index (χ2n) is 5.72. The van der Waals surface area contributed by atoms with E-state index in [0.29, 0.717) is 18.2 Å². The lowest BCUT2D eigenvalue weighted by atomic mass is 10.2. The molecule has 0 radical (unpaired) electrons. The summed E-state index contributed by atoms with van der Waals surface area (Å²) in [5, 5.41) is 3.53. The minimum Gasteiger partial charge on any atom is -0.377 e. The molecule has 2 fully saturated rings. The maximum atomic E-state index is 5.68. The van der Waals surface area contributed by atoms with Crippen LogP contribution in [-0.4, -0.2) is 63.0 Å². The fourth-order valence-corrected chi connectivity index (χ4v) is 2.70. The summed E-state index contributed by atoms with van der Waals surface area (Å²) in [5.41, 5.74) is 0. The molecule has 0 aromatic carbocycles. The zero-order valence-electron chi connectivity index (χ0n) is 11.9. The summed E-state index contributed by atoms with van der Waals surface area (Å²) in [5.74, 6) is 0. The molecule has 4 nitrogen and oxygen atoms in total. The predicted octanol–water partition coefficient (Wildman–Crippen LogP) is 1.25. The number of nitrogens with zero attached hydrogens (tertiary/aromatic N) is 1. The van der Waals surface area contributed by atoms with Crippen LogP contribution in [0.2, 0.25) is 0 Å². The van der Waals surface area contributed by atoms with Crippen molar-refractivity contribution in [3.05, 3.63) is 0 Å². The van der Waals surface area contributed by atoms with E-state index in [1.165, 1.54) is 25.7 Å². The summed E-state index contributed by atoms with van der Waals surface area (Å²) in [6.07, 6.45) is 5.79. The highest BCUT2D eigenvalue weighted by Gasteiger charge is 2.20. The van der Waals surface area contributed by atoms with Gasteiger partial charge in [-0.25, -0.2) is 0 Å². The normalized spacial score (nSPS) is 30.2. The average Bonchev–Trinajstić information content (AvgIpc) is 3.01. The van der Waals surface area contributed by atoms with Gasteiger partial charge in [0.25, 0.3) is 0 Å². The minimum absolute atomic E-state index is 0.445. The van der Waals surface area contributed by atoms with Gasteiger partial charge in [-0.15, -0.1) is 0 Å². The number of likely N-dealkylation sites (N-methyl/N-ethyl adjacent to an activating group) is 1. The molecule has 106 valence electrons. The Bertz CT molecular complexity index is 226. The van der Waals surface area contributed by atoms with Gasteiger partial charge in [0.05, 0.1) is 12.2 Å². The number of rotatable bonds is 7. The van der Waals surface area contributed by atoms with Crippen LogP contribution in [0.1, 0.15) is 32.6 Å². The molecule has 0 bridgehead atoms. The highest BCUT2D eigenvalue weighted by molar-refractivity contribution is 4.75. The van der Waals surface area contributed by atoms with Crippen molar-refractivity contribution in [3.8, 4) is 0 Å².